The van der Waals surface area contributed by atoms with E-state index in [0.29, 0.717) is 23.8 Å². The van der Waals surface area contributed by atoms with E-state index in [0.717, 1.165) is 19.4 Å². The first-order chi connectivity index (χ1) is 14.7. The topological polar surface area (TPSA) is 128 Å². The van der Waals surface area contributed by atoms with Crippen molar-refractivity contribution in [3.05, 3.63) is 22.7 Å². The van der Waals surface area contributed by atoms with Gasteiger partial charge in [-0.15, -0.1) is 0 Å². The molecule has 1 unspecified atom stereocenters. The highest BCUT2D eigenvalue weighted by molar-refractivity contribution is 6.33. The number of ether oxygens (including phenoxy) is 2. The zero-order chi connectivity index (χ0) is 23.8. The van der Waals surface area contributed by atoms with E-state index in [4.69, 9.17) is 32.9 Å². The Balaban J connectivity index is 0.000000519. The number of aliphatic carboxylic acids is 1. The molecule has 5 N–H and O–H groups in total. The SMILES string of the molecule is CC(CCCN1CCCCC1)CC(=O)O.COC.COc1cc(N)c(Cl)cc1C(N)=O. The van der Waals surface area contributed by atoms with Gasteiger partial charge in [0, 0.05) is 26.7 Å². The summed E-state index contributed by atoms with van der Waals surface area (Å²) in [6, 6.07) is 2.85. The van der Waals surface area contributed by atoms with Crippen molar-refractivity contribution < 1.29 is 24.2 Å². The molecule has 1 amide bonds. The number of nitrogen functional groups attached to an aromatic ring is 1. The van der Waals surface area contributed by atoms with Crippen molar-refractivity contribution in [2.45, 2.75) is 45.4 Å². The maximum atomic E-state index is 10.9. The number of halogens is 1. The highest BCUT2D eigenvalue weighted by Crippen LogP contribution is 2.28. The Morgan fingerprint density at radius 3 is 2.26 bits per heavy atom. The van der Waals surface area contributed by atoms with Crippen LogP contribution < -0.4 is 16.2 Å². The Hall–Kier alpha value is -2.03. The Kier molecular flexibility index (Phi) is 15.5. The fourth-order valence-corrected chi connectivity index (χ4v) is 3.34. The minimum Gasteiger partial charge on any atom is -0.496 e. The van der Waals surface area contributed by atoms with Crippen LogP contribution in [-0.4, -0.2) is 62.8 Å². The molecule has 0 aliphatic carbocycles. The number of rotatable bonds is 8. The molecule has 1 aliphatic rings. The average Bonchev–Trinajstić information content (AvgIpc) is 2.71. The lowest BCUT2D eigenvalue weighted by atomic mass is 10.0. The molecule has 0 aromatic heterocycles. The molecule has 9 heteroatoms. The van der Waals surface area contributed by atoms with Crippen molar-refractivity contribution in [2.75, 3.05) is 46.7 Å². The van der Waals surface area contributed by atoms with E-state index < -0.39 is 11.9 Å². The van der Waals surface area contributed by atoms with Crippen LogP contribution in [0.15, 0.2) is 12.1 Å². The number of hydrogen-bond donors (Lipinski definition) is 3. The van der Waals surface area contributed by atoms with Crippen LogP contribution in [0.4, 0.5) is 5.69 Å². The lowest BCUT2D eigenvalue weighted by Crippen LogP contribution is -2.30. The Labute approximate surface area is 190 Å². The third-order valence-electron chi connectivity index (χ3n) is 4.73. The van der Waals surface area contributed by atoms with Gasteiger partial charge in [0.05, 0.1) is 23.4 Å². The van der Waals surface area contributed by atoms with Gasteiger partial charge in [-0.2, -0.15) is 0 Å². The molecule has 0 saturated carbocycles. The van der Waals surface area contributed by atoms with E-state index >= 15 is 0 Å². The van der Waals surface area contributed by atoms with Gasteiger partial charge < -0.3 is 30.9 Å². The third kappa shape index (κ3) is 13.1. The number of nitrogens with two attached hydrogens (primary N) is 2. The molecule has 31 heavy (non-hydrogen) atoms. The number of anilines is 1. The smallest absolute Gasteiger partial charge is 0.303 e. The molecule has 1 aliphatic heterocycles. The Bertz CT molecular complexity index is 667. The molecule has 1 fully saturated rings. The number of primary amides is 1. The zero-order valence-corrected chi connectivity index (χ0v) is 19.9. The van der Waals surface area contributed by atoms with Crippen LogP contribution in [0.2, 0.25) is 5.02 Å². The standard InChI is InChI=1S/C12H23NO2.C8H9ClN2O2.C2H6O/c1-11(10-12(14)15)6-5-9-13-7-3-2-4-8-13;1-13-7-3-6(10)5(9)2-4(7)8(11)12;1-3-2/h11H,2-10H2,1H3,(H,14,15);2-3H,10H2,1H3,(H2,11,12);1-2H3. The molecule has 0 radical (unpaired) electrons. The summed E-state index contributed by atoms with van der Waals surface area (Å²) in [6.07, 6.45) is 6.57. The van der Waals surface area contributed by atoms with Gasteiger partial charge in [-0.05, 0) is 57.3 Å². The zero-order valence-electron chi connectivity index (χ0n) is 19.2. The number of carboxylic acids is 1. The minimum atomic E-state index is -0.666. The first kappa shape index (κ1) is 29.0. The van der Waals surface area contributed by atoms with Crippen LogP contribution in [-0.2, 0) is 9.53 Å². The lowest BCUT2D eigenvalue weighted by Gasteiger charge is -2.26. The maximum absolute atomic E-state index is 10.9. The van der Waals surface area contributed by atoms with Gasteiger partial charge in [-0.3, -0.25) is 9.59 Å². The van der Waals surface area contributed by atoms with E-state index in [1.807, 2.05) is 6.92 Å². The van der Waals surface area contributed by atoms with Crippen LogP contribution in [0.5, 0.6) is 5.75 Å². The molecule has 8 nitrogen and oxygen atoms in total. The van der Waals surface area contributed by atoms with Gasteiger partial charge in [-0.1, -0.05) is 24.9 Å². The summed E-state index contributed by atoms with van der Waals surface area (Å²) in [4.78, 5) is 23.9. The van der Waals surface area contributed by atoms with Gasteiger partial charge in [0.15, 0.2) is 0 Å². The molecule has 1 aromatic rings. The van der Waals surface area contributed by atoms with E-state index in [1.54, 1.807) is 14.2 Å². The average molecular weight is 460 g/mol. The van der Waals surface area contributed by atoms with Crippen molar-refractivity contribution in [3.8, 4) is 5.75 Å². The molecular weight excluding hydrogens is 422 g/mol. The summed E-state index contributed by atoms with van der Waals surface area (Å²) in [7, 11) is 4.68. The second kappa shape index (κ2) is 16.6. The number of benzene rings is 1. The number of carboxylic acid groups (broad SMARTS) is 1. The lowest BCUT2D eigenvalue weighted by molar-refractivity contribution is -0.138. The van der Waals surface area contributed by atoms with Crippen LogP contribution in [0.25, 0.3) is 0 Å². The summed E-state index contributed by atoms with van der Waals surface area (Å²) < 4.78 is 9.15. The van der Waals surface area contributed by atoms with Crippen LogP contribution >= 0.6 is 11.6 Å². The molecule has 1 aromatic carbocycles. The summed E-state index contributed by atoms with van der Waals surface area (Å²) in [6.45, 7) is 5.68. The number of amides is 1. The van der Waals surface area contributed by atoms with Gasteiger partial charge in [0.1, 0.15) is 5.75 Å². The monoisotopic (exact) mass is 459 g/mol. The maximum Gasteiger partial charge on any atom is 0.303 e. The molecule has 0 spiro atoms. The van der Waals surface area contributed by atoms with E-state index in [9.17, 15) is 9.59 Å². The van der Waals surface area contributed by atoms with Crippen LogP contribution in [0.1, 0.15) is 55.8 Å². The number of methoxy groups -OCH3 is 2. The largest absolute Gasteiger partial charge is 0.496 e. The number of hydrogen-bond acceptors (Lipinski definition) is 6. The van der Waals surface area contributed by atoms with E-state index in [-0.39, 0.29) is 10.6 Å². The quantitative estimate of drug-likeness (QED) is 0.506. The summed E-state index contributed by atoms with van der Waals surface area (Å²) >= 11 is 5.70. The number of likely N-dealkylation sites (tertiary alicyclic amines) is 1. The second-order valence-electron chi connectivity index (χ2n) is 7.59. The van der Waals surface area contributed by atoms with E-state index in [2.05, 4.69) is 9.64 Å². The highest BCUT2D eigenvalue weighted by Gasteiger charge is 2.12. The Morgan fingerprint density at radius 1 is 1.19 bits per heavy atom. The third-order valence-corrected chi connectivity index (χ3v) is 5.05. The minimum absolute atomic E-state index is 0.224. The van der Waals surface area contributed by atoms with Crippen molar-refractivity contribution >= 4 is 29.2 Å². The molecule has 1 heterocycles. The van der Waals surface area contributed by atoms with Gasteiger partial charge in [0.2, 0.25) is 0 Å². The first-order valence-corrected chi connectivity index (χ1v) is 10.8. The molecular formula is C22H38ClN3O5. The molecule has 1 saturated heterocycles. The van der Waals surface area contributed by atoms with Gasteiger partial charge in [0.25, 0.3) is 5.91 Å². The van der Waals surface area contributed by atoms with Crippen LogP contribution in [0, 0.1) is 5.92 Å². The normalized spacial score (nSPS) is 14.4. The van der Waals surface area contributed by atoms with Crippen LogP contribution in [0.3, 0.4) is 0 Å². The van der Waals surface area contributed by atoms with Gasteiger partial charge in [-0.25, -0.2) is 0 Å². The molecule has 178 valence electrons. The van der Waals surface area contributed by atoms with Crippen molar-refractivity contribution in [2.24, 2.45) is 11.7 Å². The predicted molar refractivity (Wildman–Crippen MR) is 125 cm³/mol. The summed E-state index contributed by atoms with van der Waals surface area (Å²) in [5.41, 5.74) is 11.2. The number of carbonyl (C=O) groups is 2. The molecule has 0 bridgehead atoms. The fraction of sp³-hybridized carbons (Fsp3) is 0.636. The summed E-state index contributed by atoms with van der Waals surface area (Å²) in [5.74, 6) is -0.610. The van der Waals surface area contributed by atoms with E-state index in [1.165, 1.54) is 51.6 Å². The molecule has 1 atom stereocenters. The second-order valence-corrected chi connectivity index (χ2v) is 8.00. The number of piperidine rings is 1. The number of nitrogens with zero attached hydrogens (tertiary/aromatic N) is 1. The highest BCUT2D eigenvalue weighted by atomic mass is 35.5. The van der Waals surface area contributed by atoms with Gasteiger partial charge >= 0.3 is 5.97 Å². The first-order valence-electron chi connectivity index (χ1n) is 10.4. The van der Waals surface area contributed by atoms with Crippen molar-refractivity contribution in [1.82, 2.24) is 4.90 Å². The number of carbonyl (C=O) groups excluding carboxylic acids is 1. The predicted octanol–water partition coefficient (Wildman–Crippen LogP) is 3.66. The fourth-order valence-electron chi connectivity index (χ4n) is 3.18. The Morgan fingerprint density at radius 2 is 1.77 bits per heavy atom. The van der Waals surface area contributed by atoms with Crippen molar-refractivity contribution in [1.29, 1.82) is 0 Å². The van der Waals surface area contributed by atoms with Crippen molar-refractivity contribution in [3.63, 3.8) is 0 Å². The molecule has 2 rings (SSSR count). The summed E-state index contributed by atoms with van der Waals surface area (Å²) in [5, 5.41) is 8.91.